The van der Waals surface area contributed by atoms with Crippen molar-refractivity contribution in [1.29, 1.82) is 0 Å². The molecule has 1 fully saturated rings. The third-order valence-corrected chi connectivity index (χ3v) is 4.98. The smallest absolute Gasteiger partial charge is 0.223 e. The van der Waals surface area contributed by atoms with Crippen molar-refractivity contribution in [3.8, 4) is 0 Å². The number of hydrogen-bond donors (Lipinski definition) is 2. The predicted molar refractivity (Wildman–Crippen MR) is 83.7 cm³/mol. The van der Waals surface area contributed by atoms with Gasteiger partial charge in [-0.3, -0.25) is 4.79 Å². The number of hydrogen-bond acceptors (Lipinski definition) is 3. The minimum Gasteiger partial charge on any atom is -0.388 e. The molecular formula is C16H23NO2S. The van der Waals surface area contributed by atoms with Crippen molar-refractivity contribution < 1.29 is 9.90 Å². The average molecular weight is 293 g/mol. The summed E-state index contributed by atoms with van der Waals surface area (Å²) in [6, 6.07) is 9.63. The Bertz CT molecular complexity index is 424. The Morgan fingerprint density at radius 3 is 2.85 bits per heavy atom. The van der Waals surface area contributed by atoms with Crippen LogP contribution < -0.4 is 5.32 Å². The van der Waals surface area contributed by atoms with E-state index in [9.17, 15) is 9.90 Å². The predicted octanol–water partition coefficient (Wildman–Crippen LogP) is 2.90. The Labute approximate surface area is 125 Å². The van der Waals surface area contributed by atoms with E-state index >= 15 is 0 Å². The summed E-state index contributed by atoms with van der Waals surface area (Å²) >= 11 is 1.89. The maximum Gasteiger partial charge on any atom is 0.223 e. The van der Waals surface area contributed by atoms with E-state index in [1.54, 1.807) is 0 Å². The van der Waals surface area contributed by atoms with E-state index in [-0.39, 0.29) is 18.4 Å². The van der Waals surface area contributed by atoms with Gasteiger partial charge in [-0.25, -0.2) is 0 Å². The second-order valence-electron chi connectivity index (χ2n) is 5.42. The van der Waals surface area contributed by atoms with Gasteiger partial charge in [-0.05, 0) is 31.1 Å². The second-order valence-corrected chi connectivity index (χ2v) is 6.56. The highest BCUT2D eigenvalue weighted by Gasteiger charge is 2.23. The molecule has 3 atom stereocenters. The molecule has 110 valence electrons. The van der Waals surface area contributed by atoms with Gasteiger partial charge in [-0.1, -0.05) is 36.8 Å². The largest absolute Gasteiger partial charge is 0.388 e. The summed E-state index contributed by atoms with van der Waals surface area (Å²) < 4.78 is 0. The van der Waals surface area contributed by atoms with Crippen molar-refractivity contribution in [3.63, 3.8) is 0 Å². The van der Waals surface area contributed by atoms with Crippen molar-refractivity contribution in [1.82, 2.24) is 5.32 Å². The van der Waals surface area contributed by atoms with Crippen LogP contribution in [0.2, 0.25) is 0 Å². The molecule has 1 aromatic carbocycles. The zero-order valence-electron chi connectivity index (χ0n) is 11.9. The Morgan fingerprint density at radius 2 is 2.15 bits per heavy atom. The van der Waals surface area contributed by atoms with Gasteiger partial charge in [0.2, 0.25) is 5.91 Å². The molecule has 1 saturated carbocycles. The van der Waals surface area contributed by atoms with E-state index in [2.05, 4.69) is 11.6 Å². The lowest BCUT2D eigenvalue weighted by atomic mass is 9.94. The summed E-state index contributed by atoms with van der Waals surface area (Å²) in [7, 11) is 0. The number of aliphatic hydroxyl groups excluding tert-OH is 1. The first-order chi connectivity index (χ1) is 9.69. The number of carbonyl (C=O) groups excluding carboxylic acids is 1. The van der Waals surface area contributed by atoms with Gasteiger partial charge < -0.3 is 10.4 Å². The van der Waals surface area contributed by atoms with Crippen LogP contribution >= 0.6 is 11.8 Å². The molecule has 20 heavy (non-hydrogen) atoms. The van der Waals surface area contributed by atoms with Gasteiger partial charge in [0, 0.05) is 11.3 Å². The van der Waals surface area contributed by atoms with Crippen LogP contribution in [0.4, 0.5) is 0 Å². The van der Waals surface area contributed by atoms with Gasteiger partial charge in [0.25, 0.3) is 0 Å². The molecule has 0 saturated heterocycles. The summed E-state index contributed by atoms with van der Waals surface area (Å²) in [4.78, 5) is 12.0. The minimum absolute atomic E-state index is 0.0480. The van der Waals surface area contributed by atoms with E-state index < -0.39 is 6.10 Å². The highest BCUT2D eigenvalue weighted by molar-refractivity contribution is 7.99. The molecule has 0 aliphatic heterocycles. The van der Waals surface area contributed by atoms with Gasteiger partial charge in [0.15, 0.2) is 0 Å². The Kier molecular flexibility index (Phi) is 5.92. The van der Waals surface area contributed by atoms with Crippen molar-refractivity contribution in [3.05, 3.63) is 35.9 Å². The molecule has 0 spiro atoms. The first kappa shape index (κ1) is 15.4. The lowest BCUT2D eigenvalue weighted by Gasteiger charge is -2.29. The van der Waals surface area contributed by atoms with Crippen LogP contribution in [0, 0.1) is 0 Å². The highest BCUT2D eigenvalue weighted by atomic mass is 32.2. The van der Waals surface area contributed by atoms with Crippen molar-refractivity contribution in [2.45, 2.75) is 49.5 Å². The Balaban J connectivity index is 1.80. The number of nitrogens with one attached hydrogen (secondary N) is 1. The van der Waals surface area contributed by atoms with Crippen LogP contribution in [0.15, 0.2) is 30.3 Å². The summed E-state index contributed by atoms with van der Waals surface area (Å²) in [6.07, 6.45) is 6.10. The minimum atomic E-state index is -0.712. The summed E-state index contributed by atoms with van der Waals surface area (Å²) in [5.41, 5.74) is 0.799. The van der Waals surface area contributed by atoms with Gasteiger partial charge in [0.05, 0.1) is 12.5 Å². The zero-order chi connectivity index (χ0) is 14.4. The van der Waals surface area contributed by atoms with Crippen molar-refractivity contribution in [2.75, 3.05) is 6.26 Å². The first-order valence-electron chi connectivity index (χ1n) is 7.24. The molecule has 1 amide bonds. The van der Waals surface area contributed by atoms with E-state index in [0.717, 1.165) is 18.4 Å². The van der Waals surface area contributed by atoms with Crippen LogP contribution in [0.1, 0.15) is 43.8 Å². The quantitative estimate of drug-likeness (QED) is 0.877. The second kappa shape index (κ2) is 7.70. The maximum atomic E-state index is 12.0. The molecule has 1 aliphatic rings. The summed E-state index contributed by atoms with van der Waals surface area (Å²) in [6.45, 7) is 0. The lowest BCUT2D eigenvalue weighted by Crippen LogP contribution is -2.39. The van der Waals surface area contributed by atoms with Crippen LogP contribution in [-0.2, 0) is 4.79 Å². The van der Waals surface area contributed by atoms with Gasteiger partial charge in [-0.15, -0.1) is 0 Å². The summed E-state index contributed by atoms with van der Waals surface area (Å²) in [5.74, 6) is -0.0480. The average Bonchev–Trinajstić information content (AvgIpc) is 2.48. The topological polar surface area (TPSA) is 49.3 Å². The van der Waals surface area contributed by atoms with Crippen molar-refractivity contribution in [2.24, 2.45) is 0 Å². The van der Waals surface area contributed by atoms with E-state index in [1.807, 2.05) is 42.1 Å². The molecule has 2 rings (SSSR count). The zero-order valence-corrected chi connectivity index (χ0v) is 12.7. The molecule has 1 aromatic rings. The number of benzene rings is 1. The molecule has 2 N–H and O–H groups in total. The standard InChI is InChI=1S/C16H23NO2S/c1-20-14-9-5-8-13(10-14)17-16(19)11-15(18)12-6-3-2-4-7-12/h2-4,6-7,13-15,18H,5,8-11H2,1H3,(H,17,19). The number of aliphatic hydroxyl groups is 1. The van der Waals surface area contributed by atoms with Crippen LogP contribution in [0.25, 0.3) is 0 Å². The fourth-order valence-electron chi connectivity index (χ4n) is 2.75. The number of thioether (sulfide) groups is 1. The monoisotopic (exact) mass is 293 g/mol. The van der Waals surface area contributed by atoms with Gasteiger partial charge in [0.1, 0.15) is 0 Å². The van der Waals surface area contributed by atoms with Crippen LogP contribution in [0.3, 0.4) is 0 Å². The van der Waals surface area contributed by atoms with E-state index in [0.29, 0.717) is 5.25 Å². The highest BCUT2D eigenvalue weighted by Crippen LogP contribution is 2.27. The Hall–Kier alpha value is -1.00. The molecular weight excluding hydrogens is 270 g/mol. The number of rotatable bonds is 5. The molecule has 3 unspecified atom stereocenters. The first-order valence-corrected chi connectivity index (χ1v) is 8.53. The fraction of sp³-hybridized carbons (Fsp3) is 0.562. The SMILES string of the molecule is CSC1CCCC(NC(=O)CC(O)c2ccccc2)C1. The van der Waals surface area contributed by atoms with Gasteiger partial charge in [-0.2, -0.15) is 11.8 Å². The molecule has 4 heteroatoms. The molecule has 0 bridgehead atoms. The molecule has 3 nitrogen and oxygen atoms in total. The fourth-order valence-corrected chi connectivity index (χ4v) is 3.57. The lowest BCUT2D eigenvalue weighted by molar-refractivity contribution is -0.124. The number of carbonyl (C=O) groups is 1. The molecule has 1 aliphatic carbocycles. The van der Waals surface area contributed by atoms with Crippen LogP contribution in [0.5, 0.6) is 0 Å². The third-order valence-electron chi connectivity index (χ3n) is 3.89. The Morgan fingerprint density at radius 1 is 1.40 bits per heavy atom. The molecule has 0 heterocycles. The van der Waals surface area contributed by atoms with Gasteiger partial charge >= 0.3 is 0 Å². The normalized spacial score (nSPS) is 24.1. The maximum absolute atomic E-state index is 12.0. The molecule has 0 radical (unpaired) electrons. The van der Waals surface area contributed by atoms with E-state index in [1.165, 1.54) is 12.8 Å². The summed E-state index contributed by atoms with van der Waals surface area (Å²) in [5, 5.41) is 13.8. The third kappa shape index (κ3) is 4.53. The number of amides is 1. The van der Waals surface area contributed by atoms with E-state index in [4.69, 9.17) is 0 Å². The molecule has 0 aromatic heterocycles. The van der Waals surface area contributed by atoms with Crippen molar-refractivity contribution >= 4 is 17.7 Å². The van der Waals surface area contributed by atoms with Crippen LogP contribution in [-0.4, -0.2) is 28.6 Å².